The summed E-state index contributed by atoms with van der Waals surface area (Å²) in [7, 11) is 3.94. The average molecular weight is 579 g/mol. The Hall–Kier alpha value is -5.21. The Morgan fingerprint density at radius 1 is 1.02 bits per heavy atom. The van der Waals surface area contributed by atoms with Gasteiger partial charge in [0.05, 0.1) is 11.2 Å². The zero-order valence-electron chi connectivity index (χ0n) is 25.1. The molecular weight excluding hydrogens is 544 g/mol. The van der Waals surface area contributed by atoms with E-state index in [0.717, 1.165) is 11.3 Å². The number of aryl methyl sites for hydroxylation is 1. The molecule has 0 unspecified atom stereocenters. The van der Waals surface area contributed by atoms with Crippen molar-refractivity contribution in [1.29, 1.82) is 0 Å². The number of nitrogens with one attached hydrogen (secondary N) is 2. The number of benzene rings is 2. The van der Waals surface area contributed by atoms with Gasteiger partial charge >= 0.3 is 0 Å². The van der Waals surface area contributed by atoms with Crippen LogP contribution in [0.1, 0.15) is 26.3 Å². The van der Waals surface area contributed by atoms with E-state index in [0.29, 0.717) is 58.5 Å². The molecule has 1 amide bonds. The number of rotatable bonds is 9. The van der Waals surface area contributed by atoms with Crippen molar-refractivity contribution in [3.8, 4) is 29.1 Å². The molecular formula is C32H34N8O3. The van der Waals surface area contributed by atoms with Crippen molar-refractivity contribution < 1.29 is 14.3 Å². The van der Waals surface area contributed by atoms with Crippen molar-refractivity contribution in [1.82, 2.24) is 29.5 Å². The fourth-order valence-electron chi connectivity index (χ4n) is 4.10. The van der Waals surface area contributed by atoms with Crippen molar-refractivity contribution in [2.45, 2.75) is 27.7 Å². The smallest absolute Gasteiger partial charge is 0.300 e. The van der Waals surface area contributed by atoms with E-state index in [9.17, 15) is 4.79 Å². The molecule has 2 N–H and O–H groups in total. The Morgan fingerprint density at radius 2 is 1.86 bits per heavy atom. The standard InChI is InChI=1S/C32H34N8O3/c1-21-15-22(7-8-27(21)43-23-10-12-40-29(16-23)34-20-36-40)37-31-24-17-26(38-30(41)9-11-32(2,3)4)28(42-14-13-39(5)6)18-25(24)33-19-35-31/h7-8,10,12,15-20H,13-14H2,1-6H3,(H,38,41)(H,33,35,37). The van der Waals surface area contributed by atoms with Crippen molar-refractivity contribution in [2.75, 3.05) is 37.9 Å². The minimum atomic E-state index is -0.424. The number of anilines is 3. The number of carbonyl (C=O) groups excluding carboxylic acids is 1. The second kappa shape index (κ2) is 12.3. The maximum Gasteiger partial charge on any atom is 0.300 e. The van der Waals surface area contributed by atoms with Crippen LogP contribution in [0.25, 0.3) is 16.6 Å². The molecule has 11 heteroatoms. The monoisotopic (exact) mass is 578 g/mol. The summed E-state index contributed by atoms with van der Waals surface area (Å²) < 4.78 is 13.8. The van der Waals surface area contributed by atoms with E-state index >= 15 is 0 Å². The maximum absolute atomic E-state index is 12.7. The van der Waals surface area contributed by atoms with Gasteiger partial charge in [0.1, 0.15) is 42.3 Å². The highest BCUT2D eigenvalue weighted by Crippen LogP contribution is 2.34. The second-order valence-corrected chi connectivity index (χ2v) is 11.3. The van der Waals surface area contributed by atoms with Crippen LogP contribution in [0.4, 0.5) is 17.2 Å². The lowest BCUT2D eigenvalue weighted by molar-refractivity contribution is -0.111. The number of aromatic nitrogens is 5. The molecule has 0 saturated carbocycles. The van der Waals surface area contributed by atoms with Crippen LogP contribution in [-0.4, -0.2) is 62.6 Å². The molecule has 0 saturated heterocycles. The molecule has 43 heavy (non-hydrogen) atoms. The first-order valence-corrected chi connectivity index (χ1v) is 13.8. The average Bonchev–Trinajstić information content (AvgIpc) is 3.41. The topological polar surface area (TPSA) is 119 Å². The second-order valence-electron chi connectivity index (χ2n) is 11.3. The van der Waals surface area contributed by atoms with Crippen LogP contribution in [0.2, 0.25) is 0 Å². The molecule has 220 valence electrons. The molecule has 2 aromatic carbocycles. The zero-order valence-corrected chi connectivity index (χ0v) is 25.1. The quantitative estimate of drug-likeness (QED) is 0.220. The first-order valence-electron chi connectivity index (χ1n) is 13.8. The molecule has 11 nitrogen and oxygen atoms in total. The number of fused-ring (bicyclic) bond motifs is 2. The number of amides is 1. The third-order valence-electron chi connectivity index (χ3n) is 6.25. The zero-order chi connectivity index (χ0) is 30.6. The molecule has 0 aliphatic rings. The van der Waals surface area contributed by atoms with Crippen LogP contribution in [0.15, 0.2) is 61.3 Å². The molecule has 3 aromatic heterocycles. The lowest BCUT2D eigenvalue weighted by Crippen LogP contribution is -2.20. The third-order valence-corrected chi connectivity index (χ3v) is 6.25. The lowest BCUT2D eigenvalue weighted by Gasteiger charge is -2.16. The van der Waals surface area contributed by atoms with E-state index < -0.39 is 5.91 Å². The van der Waals surface area contributed by atoms with Gasteiger partial charge in [-0.05, 0) is 83.6 Å². The Kier molecular flexibility index (Phi) is 8.41. The molecule has 5 aromatic rings. The van der Waals surface area contributed by atoms with Crippen LogP contribution >= 0.6 is 0 Å². The summed E-state index contributed by atoms with van der Waals surface area (Å²) in [4.78, 5) is 27.9. The molecule has 0 spiro atoms. The van der Waals surface area contributed by atoms with E-state index in [1.807, 2.05) is 83.1 Å². The highest BCUT2D eigenvalue weighted by Gasteiger charge is 2.15. The van der Waals surface area contributed by atoms with Gasteiger partial charge in [-0.1, -0.05) is 5.92 Å². The highest BCUT2D eigenvalue weighted by molar-refractivity contribution is 6.06. The fourth-order valence-corrected chi connectivity index (χ4v) is 4.10. The maximum atomic E-state index is 12.7. The van der Waals surface area contributed by atoms with Crippen LogP contribution in [0, 0.1) is 24.2 Å². The number of likely N-dealkylation sites (N-methyl/N-ethyl adjacent to an activating group) is 1. The minimum absolute atomic E-state index is 0.305. The number of hydrogen-bond acceptors (Lipinski definition) is 9. The summed E-state index contributed by atoms with van der Waals surface area (Å²) in [6, 6.07) is 13.1. The summed E-state index contributed by atoms with van der Waals surface area (Å²) in [6.45, 7) is 8.97. The molecule has 0 bridgehead atoms. The summed E-state index contributed by atoms with van der Waals surface area (Å²) >= 11 is 0. The summed E-state index contributed by atoms with van der Waals surface area (Å²) in [6.07, 6.45) is 4.79. The molecule has 0 fully saturated rings. The van der Waals surface area contributed by atoms with Crippen molar-refractivity contribution in [3.63, 3.8) is 0 Å². The number of hydrogen-bond donors (Lipinski definition) is 2. The predicted molar refractivity (Wildman–Crippen MR) is 167 cm³/mol. The van der Waals surface area contributed by atoms with Gasteiger partial charge in [0.25, 0.3) is 5.91 Å². The SMILES string of the molecule is Cc1cc(Nc2ncnc3cc(OCCN(C)C)c(NC(=O)C#CC(C)(C)C)cc23)ccc1Oc1ccn2ncnc2c1. The summed E-state index contributed by atoms with van der Waals surface area (Å²) in [5.74, 6) is 7.68. The van der Waals surface area contributed by atoms with Crippen molar-refractivity contribution >= 4 is 39.6 Å². The van der Waals surface area contributed by atoms with Crippen LogP contribution < -0.4 is 20.1 Å². The van der Waals surface area contributed by atoms with Gasteiger partial charge in [-0.2, -0.15) is 5.10 Å². The van der Waals surface area contributed by atoms with Gasteiger partial charge in [-0.15, -0.1) is 0 Å². The van der Waals surface area contributed by atoms with Crippen molar-refractivity contribution in [2.24, 2.45) is 5.41 Å². The highest BCUT2D eigenvalue weighted by atomic mass is 16.5. The van der Waals surface area contributed by atoms with E-state index in [4.69, 9.17) is 9.47 Å². The van der Waals surface area contributed by atoms with Crippen LogP contribution in [0.3, 0.4) is 0 Å². The first-order chi connectivity index (χ1) is 20.5. The van der Waals surface area contributed by atoms with Crippen molar-refractivity contribution in [3.05, 3.63) is 66.9 Å². The van der Waals surface area contributed by atoms with Gasteiger partial charge in [-0.3, -0.25) is 4.79 Å². The van der Waals surface area contributed by atoms with E-state index in [1.165, 1.54) is 12.7 Å². The molecule has 5 rings (SSSR count). The Labute approximate surface area is 250 Å². The summed E-state index contributed by atoms with van der Waals surface area (Å²) in [5.41, 5.74) is 3.28. The van der Waals surface area contributed by atoms with Gasteiger partial charge in [0.2, 0.25) is 0 Å². The van der Waals surface area contributed by atoms with Gasteiger partial charge in [-0.25, -0.2) is 19.5 Å². The van der Waals surface area contributed by atoms with Crippen LogP contribution in [0.5, 0.6) is 17.2 Å². The molecule has 3 heterocycles. The molecule has 0 atom stereocenters. The summed E-state index contributed by atoms with van der Waals surface area (Å²) in [5, 5.41) is 11.1. The number of carbonyl (C=O) groups is 1. The largest absolute Gasteiger partial charge is 0.490 e. The molecule has 0 aliphatic heterocycles. The van der Waals surface area contributed by atoms with Gasteiger partial charge in [0.15, 0.2) is 5.65 Å². The Morgan fingerprint density at radius 3 is 2.63 bits per heavy atom. The van der Waals surface area contributed by atoms with Crippen LogP contribution in [-0.2, 0) is 4.79 Å². The third kappa shape index (κ3) is 7.55. The Balaban J connectivity index is 1.41. The van der Waals surface area contributed by atoms with E-state index in [1.54, 1.807) is 16.8 Å². The van der Waals surface area contributed by atoms with Gasteiger partial charge < -0.3 is 25.0 Å². The number of nitrogens with zero attached hydrogens (tertiary/aromatic N) is 6. The molecule has 0 aliphatic carbocycles. The van der Waals surface area contributed by atoms with E-state index in [-0.39, 0.29) is 5.41 Å². The van der Waals surface area contributed by atoms with E-state index in [2.05, 4.69) is 42.5 Å². The lowest BCUT2D eigenvalue weighted by atomic mass is 9.98. The molecule has 0 radical (unpaired) electrons. The number of ether oxygens (including phenoxy) is 2. The Bertz CT molecular complexity index is 1850. The first kappa shape index (κ1) is 29.3. The minimum Gasteiger partial charge on any atom is -0.490 e. The fraction of sp³-hybridized carbons (Fsp3) is 0.281. The normalized spacial score (nSPS) is 11.3. The van der Waals surface area contributed by atoms with Gasteiger partial charge in [0, 0.05) is 41.4 Å². The number of pyridine rings is 1. The predicted octanol–water partition coefficient (Wildman–Crippen LogP) is 5.45.